The largest absolute Gasteiger partial charge is 0.350 e. The van der Waals surface area contributed by atoms with E-state index in [0.29, 0.717) is 6.42 Å². The molecule has 0 radical (unpaired) electrons. The lowest BCUT2D eigenvalue weighted by atomic mass is 10.2. The third-order valence-electron chi connectivity index (χ3n) is 3.01. The van der Waals surface area contributed by atoms with Crippen molar-refractivity contribution in [3.8, 4) is 0 Å². The minimum atomic E-state index is -4.25. The number of sulfonamides is 1. The summed E-state index contributed by atoms with van der Waals surface area (Å²) < 4.78 is 39.5. The van der Waals surface area contributed by atoms with E-state index in [9.17, 15) is 17.6 Å². The zero-order chi connectivity index (χ0) is 15.5. The van der Waals surface area contributed by atoms with Gasteiger partial charge in [-0.15, -0.1) is 0 Å². The van der Waals surface area contributed by atoms with Gasteiger partial charge in [-0.3, -0.25) is 0 Å². The molecule has 6 nitrogen and oxygen atoms in total. The van der Waals surface area contributed by atoms with Crippen molar-refractivity contribution in [3.63, 3.8) is 0 Å². The van der Waals surface area contributed by atoms with Gasteiger partial charge in [0, 0.05) is 6.20 Å². The molecule has 0 fully saturated rings. The second-order valence-corrected chi connectivity index (χ2v) is 6.21. The maximum Gasteiger partial charge on any atom is 0.350 e. The molecule has 0 aliphatic carbocycles. The van der Waals surface area contributed by atoms with E-state index in [1.165, 1.54) is 17.1 Å². The smallest absolute Gasteiger partial charge is 0.302 e. The quantitative estimate of drug-likeness (QED) is 0.887. The lowest BCUT2D eigenvalue weighted by Gasteiger charge is -2.24. The van der Waals surface area contributed by atoms with E-state index in [2.05, 4.69) is 5.43 Å². The van der Waals surface area contributed by atoms with Crippen LogP contribution in [0.25, 0.3) is 0 Å². The zero-order valence-corrected chi connectivity index (χ0v) is 12.2. The summed E-state index contributed by atoms with van der Waals surface area (Å²) in [6.07, 6.45) is 4.85. The average Bonchev–Trinajstić information content (AvgIpc) is 2.87. The van der Waals surface area contributed by atoms with E-state index < -0.39 is 26.8 Å². The molecule has 0 bridgehead atoms. The van der Waals surface area contributed by atoms with Gasteiger partial charge in [-0.25, -0.2) is 27.3 Å². The summed E-state index contributed by atoms with van der Waals surface area (Å²) >= 11 is 0. The number of urea groups is 1. The highest BCUT2D eigenvalue weighted by Crippen LogP contribution is 2.15. The second-order valence-electron chi connectivity index (χ2n) is 4.56. The number of amides is 2. The van der Waals surface area contributed by atoms with Gasteiger partial charge >= 0.3 is 6.03 Å². The number of rotatable bonds is 4. The number of hydrazine groups is 1. The molecule has 1 unspecified atom stereocenters. The van der Waals surface area contributed by atoms with Crippen LogP contribution in [0.3, 0.4) is 0 Å². The van der Waals surface area contributed by atoms with Gasteiger partial charge in [0.15, 0.2) is 0 Å². The molecule has 2 N–H and O–H groups in total. The first-order valence-corrected chi connectivity index (χ1v) is 7.97. The lowest BCUT2D eigenvalue weighted by Crippen LogP contribution is -2.49. The number of hydrogen-bond donors (Lipinski definition) is 2. The molecule has 2 rings (SSSR count). The SMILES string of the molecule is CCCC1C=CNN1C(=O)NS(=O)(=O)c1ccccc1F. The Morgan fingerprint density at radius 1 is 1.43 bits per heavy atom. The van der Waals surface area contributed by atoms with E-state index in [1.54, 1.807) is 12.3 Å². The standard InChI is InChI=1S/C13H16FN3O3S/c1-2-5-10-8-9-15-17(10)13(18)16-21(19,20)12-7-4-3-6-11(12)14/h3-4,6-10,15H,2,5H2,1H3,(H,16,18). The Kier molecular flexibility index (Phi) is 4.46. The molecule has 0 spiro atoms. The van der Waals surface area contributed by atoms with E-state index in [0.717, 1.165) is 18.6 Å². The highest BCUT2D eigenvalue weighted by molar-refractivity contribution is 7.90. The van der Waals surface area contributed by atoms with Crippen molar-refractivity contribution in [1.82, 2.24) is 15.2 Å². The third kappa shape index (κ3) is 3.33. The van der Waals surface area contributed by atoms with Crippen LogP contribution in [0.5, 0.6) is 0 Å². The van der Waals surface area contributed by atoms with Crippen molar-refractivity contribution in [3.05, 3.63) is 42.4 Å². The molecular weight excluding hydrogens is 297 g/mol. The summed E-state index contributed by atoms with van der Waals surface area (Å²) in [5, 5.41) is 1.17. The van der Waals surface area contributed by atoms with Crippen LogP contribution in [0.1, 0.15) is 19.8 Å². The van der Waals surface area contributed by atoms with Crippen molar-refractivity contribution in [1.29, 1.82) is 0 Å². The predicted octanol–water partition coefficient (Wildman–Crippen LogP) is 1.73. The summed E-state index contributed by atoms with van der Waals surface area (Å²) in [5.74, 6) is -0.907. The summed E-state index contributed by atoms with van der Waals surface area (Å²) in [6, 6.07) is 3.81. The molecular formula is C13H16FN3O3S. The van der Waals surface area contributed by atoms with Crippen LogP contribution in [-0.4, -0.2) is 25.5 Å². The highest BCUT2D eigenvalue weighted by Gasteiger charge is 2.29. The minimum absolute atomic E-state index is 0.231. The van der Waals surface area contributed by atoms with Crippen LogP contribution in [0.15, 0.2) is 41.4 Å². The average molecular weight is 313 g/mol. The Bertz CT molecular complexity index is 660. The van der Waals surface area contributed by atoms with Gasteiger partial charge in [0.25, 0.3) is 10.0 Å². The van der Waals surface area contributed by atoms with Gasteiger partial charge in [0.2, 0.25) is 0 Å². The molecule has 0 saturated heterocycles. The summed E-state index contributed by atoms with van der Waals surface area (Å²) in [6.45, 7) is 1.96. The third-order valence-corrected chi connectivity index (χ3v) is 4.37. The maximum absolute atomic E-state index is 13.5. The molecule has 2 amide bonds. The molecule has 21 heavy (non-hydrogen) atoms. The van der Waals surface area contributed by atoms with Gasteiger partial charge < -0.3 is 5.43 Å². The molecule has 1 aromatic carbocycles. The monoisotopic (exact) mass is 313 g/mol. The number of carbonyl (C=O) groups excluding carboxylic acids is 1. The van der Waals surface area contributed by atoms with E-state index in [4.69, 9.17) is 0 Å². The first kappa shape index (κ1) is 15.3. The van der Waals surface area contributed by atoms with Crippen molar-refractivity contribution in [2.24, 2.45) is 0 Å². The molecule has 1 aliphatic rings. The molecule has 8 heteroatoms. The number of halogens is 1. The summed E-state index contributed by atoms with van der Waals surface area (Å²) in [5.41, 5.74) is 2.66. The topological polar surface area (TPSA) is 78.5 Å². The second kappa shape index (κ2) is 6.13. The van der Waals surface area contributed by atoms with Crippen molar-refractivity contribution >= 4 is 16.1 Å². The Hall–Kier alpha value is -2.09. The Balaban J connectivity index is 2.14. The maximum atomic E-state index is 13.5. The lowest BCUT2D eigenvalue weighted by molar-refractivity contribution is 0.177. The predicted molar refractivity (Wildman–Crippen MR) is 74.9 cm³/mol. The van der Waals surface area contributed by atoms with E-state index in [-0.39, 0.29) is 6.04 Å². The number of benzene rings is 1. The normalized spacial score (nSPS) is 17.6. The van der Waals surface area contributed by atoms with Crippen LogP contribution in [0.4, 0.5) is 9.18 Å². The molecule has 1 aliphatic heterocycles. The van der Waals surface area contributed by atoms with Crippen LogP contribution in [-0.2, 0) is 10.0 Å². The molecule has 1 aromatic rings. The van der Waals surface area contributed by atoms with Gasteiger partial charge in [-0.2, -0.15) is 0 Å². The first-order valence-electron chi connectivity index (χ1n) is 6.49. The van der Waals surface area contributed by atoms with Crippen LogP contribution in [0.2, 0.25) is 0 Å². The molecule has 0 aromatic heterocycles. The Labute approximate surface area is 122 Å². The molecule has 114 valence electrons. The van der Waals surface area contributed by atoms with Gasteiger partial charge in [-0.1, -0.05) is 25.5 Å². The van der Waals surface area contributed by atoms with Crippen LogP contribution >= 0.6 is 0 Å². The molecule has 0 saturated carbocycles. The van der Waals surface area contributed by atoms with Crippen molar-refractivity contribution < 1.29 is 17.6 Å². The summed E-state index contributed by atoms with van der Waals surface area (Å²) in [4.78, 5) is 11.5. The fourth-order valence-corrected chi connectivity index (χ4v) is 3.05. The summed E-state index contributed by atoms with van der Waals surface area (Å²) in [7, 11) is -4.25. The van der Waals surface area contributed by atoms with Crippen LogP contribution in [0, 0.1) is 5.82 Å². The van der Waals surface area contributed by atoms with Gasteiger partial charge in [-0.05, 0) is 24.6 Å². The van der Waals surface area contributed by atoms with E-state index in [1.807, 2.05) is 11.6 Å². The van der Waals surface area contributed by atoms with Gasteiger partial charge in [0.1, 0.15) is 10.7 Å². The Morgan fingerprint density at radius 3 is 2.81 bits per heavy atom. The fraction of sp³-hybridized carbons (Fsp3) is 0.308. The van der Waals surface area contributed by atoms with Crippen LogP contribution < -0.4 is 10.1 Å². The van der Waals surface area contributed by atoms with Crippen molar-refractivity contribution in [2.45, 2.75) is 30.7 Å². The zero-order valence-electron chi connectivity index (χ0n) is 11.4. The van der Waals surface area contributed by atoms with Crippen molar-refractivity contribution in [2.75, 3.05) is 0 Å². The number of hydrogen-bond acceptors (Lipinski definition) is 4. The minimum Gasteiger partial charge on any atom is -0.302 e. The van der Waals surface area contributed by atoms with E-state index >= 15 is 0 Å². The number of nitrogens with one attached hydrogen (secondary N) is 2. The molecule has 1 atom stereocenters. The number of carbonyl (C=O) groups is 1. The first-order chi connectivity index (χ1) is 9.95. The Morgan fingerprint density at radius 2 is 2.14 bits per heavy atom. The molecule has 1 heterocycles. The number of nitrogens with zero attached hydrogens (tertiary/aromatic N) is 1. The fourth-order valence-electron chi connectivity index (χ4n) is 2.03. The van der Waals surface area contributed by atoms with Gasteiger partial charge in [0.05, 0.1) is 6.04 Å². The highest BCUT2D eigenvalue weighted by atomic mass is 32.2.